The van der Waals surface area contributed by atoms with Crippen LogP contribution in [0, 0.1) is 5.82 Å². The first kappa shape index (κ1) is 22.1. The summed E-state index contributed by atoms with van der Waals surface area (Å²) in [7, 11) is 1.31. The second-order valence-electron chi connectivity index (χ2n) is 6.70. The van der Waals surface area contributed by atoms with Gasteiger partial charge in [-0.2, -0.15) is 13.2 Å². The van der Waals surface area contributed by atoms with E-state index in [1.807, 2.05) is 0 Å². The lowest BCUT2D eigenvalue weighted by molar-refractivity contribution is -0.200. The fraction of sp³-hybridized carbons (Fsp3) is 0.250. The molecule has 1 atom stereocenters. The van der Waals surface area contributed by atoms with Gasteiger partial charge in [-0.1, -0.05) is 18.2 Å². The van der Waals surface area contributed by atoms with Crippen molar-refractivity contribution in [1.29, 1.82) is 0 Å². The second kappa shape index (κ2) is 8.25. The number of hydrogen-bond donors (Lipinski definition) is 2. The third-order valence-corrected chi connectivity index (χ3v) is 4.70. The number of carbonyl (C=O) groups is 3. The highest BCUT2D eigenvalue weighted by atomic mass is 19.4. The molecule has 0 radical (unpaired) electrons. The van der Waals surface area contributed by atoms with Gasteiger partial charge in [-0.3, -0.25) is 19.8 Å². The number of hydrogen-bond acceptors (Lipinski definition) is 4. The number of imide groups is 1. The molecule has 1 aliphatic rings. The Labute approximate surface area is 174 Å². The van der Waals surface area contributed by atoms with E-state index in [9.17, 15) is 31.9 Å². The van der Waals surface area contributed by atoms with Crippen LogP contribution >= 0.6 is 0 Å². The molecule has 11 heteroatoms. The number of nitrogens with zero attached hydrogens (tertiary/aromatic N) is 1. The topological polar surface area (TPSA) is 87.7 Å². The Morgan fingerprint density at radius 2 is 1.84 bits per heavy atom. The quantitative estimate of drug-likeness (QED) is 0.535. The second-order valence-corrected chi connectivity index (χ2v) is 6.70. The fourth-order valence-corrected chi connectivity index (χ4v) is 3.03. The molecule has 0 saturated carbocycles. The number of urea groups is 1. The molecule has 0 aromatic heterocycles. The third kappa shape index (κ3) is 4.30. The van der Waals surface area contributed by atoms with Crippen LogP contribution in [-0.4, -0.2) is 48.2 Å². The Morgan fingerprint density at radius 1 is 1.16 bits per heavy atom. The minimum absolute atomic E-state index is 0.00277. The van der Waals surface area contributed by atoms with Crippen molar-refractivity contribution in [3.63, 3.8) is 0 Å². The monoisotopic (exact) mass is 439 g/mol. The van der Waals surface area contributed by atoms with Gasteiger partial charge in [0, 0.05) is 12.1 Å². The highest BCUT2D eigenvalue weighted by Crippen LogP contribution is 2.34. The lowest BCUT2D eigenvalue weighted by Gasteiger charge is -2.30. The van der Waals surface area contributed by atoms with E-state index in [0.717, 1.165) is 12.1 Å². The van der Waals surface area contributed by atoms with Crippen molar-refractivity contribution in [3.05, 3.63) is 65.5 Å². The smallest absolute Gasteiger partial charge is 0.440 e. The molecule has 1 saturated heterocycles. The molecule has 3 rings (SSSR count). The normalized spacial score (nSPS) is 18.7. The van der Waals surface area contributed by atoms with Crippen molar-refractivity contribution in [3.8, 4) is 5.75 Å². The summed E-state index contributed by atoms with van der Waals surface area (Å²) in [5.74, 6) is -3.18. The number of halogens is 4. The minimum Gasteiger partial charge on any atom is -0.497 e. The van der Waals surface area contributed by atoms with Crippen LogP contribution < -0.4 is 15.4 Å². The number of methoxy groups -OCH3 is 1. The first-order chi connectivity index (χ1) is 14.6. The van der Waals surface area contributed by atoms with Crippen LogP contribution in [0.4, 0.5) is 22.4 Å². The summed E-state index contributed by atoms with van der Waals surface area (Å²) in [6.45, 7) is -0.400. The summed E-state index contributed by atoms with van der Waals surface area (Å²) in [4.78, 5) is 37.7. The van der Waals surface area contributed by atoms with Gasteiger partial charge in [0.25, 0.3) is 17.5 Å². The van der Waals surface area contributed by atoms with Crippen molar-refractivity contribution >= 4 is 17.8 Å². The Balaban J connectivity index is 1.83. The fourth-order valence-electron chi connectivity index (χ4n) is 3.03. The number of alkyl halides is 3. The SMILES string of the molecule is COc1cccc(C(=O)N[C@]2(C(F)(F)F)NC(=O)N(CCc3ccc(F)cc3)C2=O)c1. The lowest BCUT2D eigenvalue weighted by atomic mass is 10.1. The average molecular weight is 439 g/mol. The van der Waals surface area contributed by atoms with Crippen molar-refractivity contribution < 1.29 is 36.7 Å². The number of amides is 4. The van der Waals surface area contributed by atoms with Crippen molar-refractivity contribution in [2.45, 2.75) is 18.3 Å². The van der Waals surface area contributed by atoms with Gasteiger partial charge in [0.1, 0.15) is 11.6 Å². The zero-order valence-electron chi connectivity index (χ0n) is 16.1. The van der Waals surface area contributed by atoms with Gasteiger partial charge in [-0.15, -0.1) is 0 Å². The summed E-state index contributed by atoms with van der Waals surface area (Å²) in [6.07, 6.45) is -5.32. The maximum absolute atomic E-state index is 13.9. The van der Waals surface area contributed by atoms with E-state index in [0.29, 0.717) is 10.5 Å². The van der Waals surface area contributed by atoms with Gasteiger partial charge < -0.3 is 10.1 Å². The molecule has 1 aliphatic heterocycles. The van der Waals surface area contributed by atoms with Gasteiger partial charge in [-0.05, 0) is 42.3 Å². The van der Waals surface area contributed by atoms with Crippen LogP contribution in [0.15, 0.2) is 48.5 Å². The molecule has 4 amide bonds. The highest BCUT2D eigenvalue weighted by molar-refractivity contribution is 6.10. The molecule has 0 unspecified atom stereocenters. The Kier molecular flexibility index (Phi) is 5.87. The Bertz CT molecular complexity index is 1010. The standard InChI is InChI=1S/C20H17F4N3O4/c1-31-15-4-2-3-13(11-15)16(28)25-19(20(22,23)24)17(29)27(18(30)26-19)10-9-12-5-7-14(21)8-6-12/h2-8,11H,9-10H2,1H3,(H,25,28)(H,26,30)/t19-/m0/s1. The van der Waals surface area contributed by atoms with E-state index in [1.54, 1.807) is 10.6 Å². The summed E-state index contributed by atoms with van der Waals surface area (Å²) in [5, 5.41) is 3.19. The number of carbonyl (C=O) groups excluding carboxylic acids is 3. The van der Waals surface area contributed by atoms with Gasteiger partial charge in [0.05, 0.1) is 7.11 Å². The number of ether oxygens (including phenoxy) is 1. The first-order valence-electron chi connectivity index (χ1n) is 8.99. The molecular weight excluding hydrogens is 422 g/mol. The maximum Gasteiger partial charge on any atom is 0.440 e. The molecular formula is C20H17F4N3O4. The number of benzene rings is 2. The van der Waals surface area contributed by atoms with E-state index in [2.05, 4.69) is 0 Å². The van der Waals surface area contributed by atoms with E-state index in [-0.39, 0.29) is 17.7 Å². The van der Waals surface area contributed by atoms with Gasteiger partial charge in [0.15, 0.2) is 0 Å². The van der Waals surface area contributed by atoms with E-state index < -0.39 is 42.0 Å². The molecule has 1 fully saturated rings. The van der Waals surface area contributed by atoms with E-state index >= 15 is 0 Å². The van der Waals surface area contributed by atoms with Crippen LogP contribution in [0.25, 0.3) is 0 Å². The Morgan fingerprint density at radius 3 is 2.45 bits per heavy atom. The van der Waals surface area contributed by atoms with E-state index in [1.165, 1.54) is 43.5 Å². The molecule has 2 N–H and O–H groups in total. The predicted molar refractivity (Wildman–Crippen MR) is 99.6 cm³/mol. The molecule has 2 aromatic carbocycles. The molecule has 31 heavy (non-hydrogen) atoms. The molecule has 0 bridgehead atoms. The predicted octanol–water partition coefficient (Wildman–Crippen LogP) is 2.62. The number of nitrogens with one attached hydrogen (secondary N) is 2. The maximum atomic E-state index is 13.9. The zero-order chi connectivity index (χ0) is 22.8. The summed E-state index contributed by atoms with van der Waals surface area (Å²) < 4.78 is 59.6. The van der Waals surface area contributed by atoms with Crippen LogP contribution in [0.2, 0.25) is 0 Å². The lowest BCUT2D eigenvalue weighted by Crippen LogP contribution is -2.69. The molecule has 1 heterocycles. The van der Waals surface area contributed by atoms with Crippen LogP contribution in [-0.2, 0) is 11.2 Å². The van der Waals surface area contributed by atoms with Gasteiger partial charge in [-0.25, -0.2) is 9.18 Å². The Hall–Kier alpha value is -3.63. The summed E-state index contributed by atoms with van der Waals surface area (Å²) in [6, 6.07) is 9.04. The van der Waals surface area contributed by atoms with Crippen LogP contribution in [0.5, 0.6) is 5.75 Å². The van der Waals surface area contributed by atoms with Gasteiger partial charge >= 0.3 is 12.2 Å². The molecule has 0 spiro atoms. The first-order valence-corrected chi connectivity index (χ1v) is 8.99. The molecule has 0 aliphatic carbocycles. The molecule has 164 valence electrons. The highest BCUT2D eigenvalue weighted by Gasteiger charge is 2.68. The summed E-state index contributed by atoms with van der Waals surface area (Å²) >= 11 is 0. The average Bonchev–Trinajstić information content (AvgIpc) is 2.97. The summed E-state index contributed by atoms with van der Waals surface area (Å²) in [5.41, 5.74) is -3.31. The third-order valence-electron chi connectivity index (χ3n) is 4.70. The molecule has 2 aromatic rings. The van der Waals surface area contributed by atoms with Crippen LogP contribution in [0.1, 0.15) is 15.9 Å². The van der Waals surface area contributed by atoms with Crippen molar-refractivity contribution in [2.24, 2.45) is 0 Å². The van der Waals surface area contributed by atoms with Crippen molar-refractivity contribution in [2.75, 3.05) is 13.7 Å². The van der Waals surface area contributed by atoms with Crippen LogP contribution in [0.3, 0.4) is 0 Å². The zero-order valence-corrected chi connectivity index (χ0v) is 16.1. The number of rotatable bonds is 6. The van der Waals surface area contributed by atoms with Crippen molar-refractivity contribution in [1.82, 2.24) is 15.5 Å². The minimum atomic E-state index is -5.32. The largest absolute Gasteiger partial charge is 0.497 e. The van der Waals surface area contributed by atoms with E-state index in [4.69, 9.17) is 4.74 Å². The molecule has 7 nitrogen and oxygen atoms in total. The van der Waals surface area contributed by atoms with Gasteiger partial charge in [0.2, 0.25) is 0 Å².